The molecule has 2 N–H and O–H groups in total. The van der Waals surface area contributed by atoms with Gasteiger partial charge in [0.15, 0.2) is 0 Å². The SMILES string of the molecule is CCCCCCCC/C=C/CCCCCCCC[N+]1(CCCCCCCCCCCCCCCCCC)C[C@H](NC(=O)OC(C)(C)C)[C@@H](NC(=O)OC(C)(C)C)C1.[Cl-]. The molecule has 7 nitrogen and oxygen atoms in total. The maximum Gasteiger partial charge on any atom is 0.408 e. The van der Waals surface area contributed by atoms with E-state index >= 15 is 0 Å². The van der Waals surface area contributed by atoms with Crippen LogP contribution in [0, 0.1) is 0 Å². The standard InChI is InChI=1S/C50H97N3O4.ClH/c1-9-11-13-15-17-19-21-23-25-27-29-31-33-35-37-39-41-53(42-40-38-36-34-32-30-28-26-24-22-20-18-16-14-12-10-2)43-45(51-47(54)56-49(3,4)5)46(44-53)52-48(55)57-50(6,7)8;/h23,25,45-46H,9-22,24,26-44H2,1-8H3,(H-,51,52,54,55);1H/b25-23+;/t45-,46-;/m0./s1. The zero-order chi connectivity index (χ0) is 42.1. The van der Waals surface area contributed by atoms with E-state index in [1.54, 1.807) is 0 Å². The molecule has 0 aliphatic carbocycles. The number of unbranched alkanes of at least 4 members (excludes halogenated alkanes) is 27. The van der Waals surface area contributed by atoms with E-state index in [0.717, 1.165) is 30.7 Å². The smallest absolute Gasteiger partial charge is 0.408 e. The zero-order valence-corrected chi connectivity index (χ0v) is 40.6. The number of hydrogen-bond donors (Lipinski definition) is 2. The molecule has 1 aliphatic rings. The molecule has 8 heteroatoms. The molecule has 0 spiro atoms. The van der Waals surface area contributed by atoms with Crippen molar-refractivity contribution < 1.29 is 36.0 Å². The third kappa shape index (κ3) is 33.3. The number of ether oxygens (including phenoxy) is 2. The quantitative estimate of drug-likeness (QED) is 0.0379. The lowest BCUT2D eigenvalue weighted by molar-refractivity contribution is -0.918. The summed E-state index contributed by atoms with van der Waals surface area (Å²) in [6, 6.07) is -0.412. The minimum atomic E-state index is -0.583. The van der Waals surface area contributed by atoms with Crippen LogP contribution in [0.5, 0.6) is 0 Å². The molecule has 344 valence electrons. The van der Waals surface area contributed by atoms with Crippen molar-refractivity contribution in [1.29, 1.82) is 0 Å². The third-order valence-corrected chi connectivity index (χ3v) is 11.7. The number of hydrogen-bond acceptors (Lipinski definition) is 4. The summed E-state index contributed by atoms with van der Waals surface area (Å²) in [5, 5.41) is 6.34. The van der Waals surface area contributed by atoms with E-state index < -0.39 is 23.4 Å². The van der Waals surface area contributed by atoms with Crippen LogP contribution >= 0.6 is 0 Å². The van der Waals surface area contributed by atoms with Crippen LogP contribution in [0.15, 0.2) is 12.2 Å². The average Bonchev–Trinajstić information content (AvgIpc) is 3.45. The Hall–Kier alpha value is -1.47. The van der Waals surface area contributed by atoms with Crippen molar-refractivity contribution >= 4 is 12.2 Å². The fraction of sp³-hybridized carbons (Fsp3) is 0.920. The molecule has 0 radical (unpaired) electrons. The lowest BCUT2D eigenvalue weighted by Gasteiger charge is -2.35. The minimum absolute atomic E-state index is 0. The first-order valence-corrected chi connectivity index (χ1v) is 24.8. The maximum absolute atomic E-state index is 13.0. The molecule has 2 atom stereocenters. The summed E-state index contributed by atoms with van der Waals surface area (Å²) in [6.45, 7) is 19.7. The number of allylic oxidation sites excluding steroid dienone is 2. The van der Waals surface area contributed by atoms with Crippen LogP contribution in [0.1, 0.15) is 248 Å². The van der Waals surface area contributed by atoms with Gasteiger partial charge in [0.1, 0.15) is 36.4 Å². The molecular weight excluding hydrogens is 742 g/mol. The molecule has 0 saturated carbocycles. The van der Waals surface area contributed by atoms with E-state index in [-0.39, 0.29) is 24.5 Å². The Balaban J connectivity index is 0.0000325. The summed E-state index contributed by atoms with van der Waals surface area (Å²) >= 11 is 0. The molecular formula is C50H98ClN3O4. The Morgan fingerprint density at radius 2 is 0.724 bits per heavy atom. The summed E-state index contributed by atoms with van der Waals surface area (Å²) in [5.74, 6) is 0. The maximum atomic E-state index is 13.0. The van der Waals surface area contributed by atoms with Crippen molar-refractivity contribution in [2.24, 2.45) is 0 Å². The molecule has 1 saturated heterocycles. The van der Waals surface area contributed by atoms with Crippen LogP contribution < -0.4 is 23.0 Å². The number of halogens is 1. The van der Waals surface area contributed by atoms with Gasteiger partial charge >= 0.3 is 12.2 Å². The Kier molecular flexibility index (Phi) is 34.3. The summed E-state index contributed by atoms with van der Waals surface area (Å²) in [6.07, 6.45) is 44.2. The number of nitrogens with one attached hydrogen (secondary N) is 2. The van der Waals surface area contributed by atoms with Gasteiger partial charge in [0.05, 0.1) is 13.1 Å². The molecule has 1 heterocycles. The van der Waals surface area contributed by atoms with Gasteiger partial charge < -0.3 is 37.0 Å². The molecule has 0 bridgehead atoms. The summed E-state index contributed by atoms with van der Waals surface area (Å²) in [4.78, 5) is 26.1. The average molecular weight is 841 g/mol. The second-order valence-electron chi connectivity index (χ2n) is 19.9. The number of carbonyl (C=O) groups is 2. The highest BCUT2D eigenvalue weighted by atomic mass is 35.5. The highest BCUT2D eigenvalue weighted by Crippen LogP contribution is 2.26. The van der Waals surface area contributed by atoms with Crippen molar-refractivity contribution in [3.63, 3.8) is 0 Å². The number of amides is 2. The van der Waals surface area contributed by atoms with Gasteiger partial charge in [-0.2, -0.15) is 0 Å². The number of likely N-dealkylation sites (tertiary alicyclic amines) is 1. The summed E-state index contributed by atoms with van der Waals surface area (Å²) < 4.78 is 12.3. The molecule has 1 aliphatic heterocycles. The number of quaternary nitrogens is 1. The Bertz CT molecular complexity index is 970. The van der Waals surface area contributed by atoms with E-state index in [1.165, 1.54) is 193 Å². The molecule has 1 fully saturated rings. The van der Waals surface area contributed by atoms with E-state index in [9.17, 15) is 9.59 Å². The van der Waals surface area contributed by atoms with Gasteiger partial charge in [-0.1, -0.05) is 167 Å². The predicted octanol–water partition coefficient (Wildman–Crippen LogP) is 11.9. The summed E-state index contributed by atoms with van der Waals surface area (Å²) in [5.41, 5.74) is -1.17. The second kappa shape index (κ2) is 35.2. The van der Waals surface area contributed by atoms with E-state index in [4.69, 9.17) is 9.47 Å². The van der Waals surface area contributed by atoms with Crippen molar-refractivity contribution in [3.05, 3.63) is 12.2 Å². The Morgan fingerprint density at radius 3 is 1.00 bits per heavy atom. The minimum Gasteiger partial charge on any atom is -1.00 e. The summed E-state index contributed by atoms with van der Waals surface area (Å²) in [7, 11) is 0. The van der Waals surface area contributed by atoms with Gasteiger partial charge in [-0.05, 0) is 92.9 Å². The van der Waals surface area contributed by atoms with Crippen LogP contribution in [0.25, 0.3) is 0 Å². The highest BCUT2D eigenvalue weighted by molar-refractivity contribution is 5.70. The van der Waals surface area contributed by atoms with Gasteiger partial charge in [-0.3, -0.25) is 0 Å². The van der Waals surface area contributed by atoms with Crippen LogP contribution in [0.3, 0.4) is 0 Å². The van der Waals surface area contributed by atoms with Gasteiger partial charge in [0, 0.05) is 0 Å². The lowest BCUT2D eigenvalue weighted by Crippen LogP contribution is -3.00. The monoisotopic (exact) mass is 840 g/mol. The fourth-order valence-corrected chi connectivity index (χ4v) is 8.54. The lowest BCUT2D eigenvalue weighted by atomic mass is 10.0. The van der Waals surface area contributed by atoms with Gasteiger partial charge in [0.25, 0.3) is 0 Å². The normalized spacial score (nSPS) is 16.7. The van der Waals surface area contributed by atoms with Gasteiger partial charge in [-0.25, -0.2) is 9.59 Å². The Morgan fingerprint density at radius 1 is 0.466 bits per heavy atom. The van der Waals surface area contributed by atoms with Crippen molar-refractivity contribution in [1.82, 2.24) is 10.6 Å². The molecule has 2 amide bonds. The second-order valence-corrected chi connectivity index (χ2v) is 19.9. The van der Waals surface area contributed by atoms with Gasteiger partial charge in [-0.15, -0.1) is 0 Å². The van der Waals surface area contributed by atoms with Crippen molar-refractivity contribution in [2.75, 3.05) is 26.2 Å². The van der Waals surface area contributed by atoms with Crippen LogP contribution in [0.2, 0.25) is 0 Å². The van der Waals surface area contributed by atoms with E-state index in [2.05, 4.69) is 36.6 Å². The number of alkyl carbamates (subject to hydrolysis) is 2. The number of nitrogens with zero attached hydrogens (tertiary/aromatic N) is 1. The fourth-order valence-electron chi connectivity index (χ4n) is 8.54. The molecule has 1 rings (SSSR count). The predicted molar refractivity (Wildman–Crippen MR) is 245 cm³/mol. The molecule has 0 aromatic carbocycles. The zero-order valence-electron chi connectivity index (χ0n) is 39.8. The number of rotatable bonds is 35. The third-order valence-electron chi connectivity index (χ3n) is 11.7. The van der Waals surface area contributed by atoms with Crippen LogP contribution in [-0.4, -0.2) is 66.1 Å². The van der Waals surface area contributed by atoms with Crippen LogP contribution in [0.4, 0.5) is 9.59 Å². The first-order chi connectivity index (χ1) is 27.3. The highest BCUT2D eigenvalue weighted by Gasteiger charge is 2.47. The largest absolute Gasteiger partial charge is 1.00 e. The van der Waals surface area contributed by atoms with Crippen LogP contribution in [-0.2, 0) is 9.47 Å². The molecule has 58 heavy (non-hydrogen) atoms. The number of carbonyl (C=O) groups excluding carboxylic acids is 2. The van der Waals surface area contributed by atoms with Crippen molar-refractivity contribution in [3.8, 4) is 0 Å². The molecule has 0 aromatic heterocycles. The van der Waals surface area contributed by atoms with Gasteiger partial charge in [0.2, 0.25) is 0 Å². The first-order valence-electron chi connectivity index (χ1n) is 24.8. The molecule has 0 aromatic rings. The topological polar surface area (TPSA) is 76.7 Å². The van der Waals surface area contributed by atoms with E-state index in [1.807, 2.05) is 41.5 Å². The molecule has 0 unspecified atom stereocenters. The first kappa shape index (κ1) is 56.5. The van der Waals surface area contributed by atoms with Crippen molar-refractivity contribution in [2.45, 2.75) is 271 Å². The van der Waals surface area contributed by atoms with E-state index in [0.29, 0.717) is 0 Å². The Labute approximate surface area is 367 Å².